The molecule has 8 nitrogen and oxygen atoms in total. The fourth-order valence-electron chi connectivity index (χ4n) is 3.70. The third kappa shape index (κ3) is 4.71. The minimum Gasteiger partial charge on any atom is -0.462 e. The minimum absolute atomic E-state index is 0.109. The first-order valence-electron chi connectivity index (χ1n) is 11.0. The molecule has 0 spiro atoms. The number of anilines is 1. The molecule has 0 aliphatic heterocycles. The number of aromatic nitrogens is 4. The van der Waals surface area contributed by atoms with Gasteiger partial charge in [0.05, 0.1) is 29.0 Å². The number of rotatable bonds is 7. The van der Waals surface area contributed by atoms with Gasteiger partial charge in [-0.05, 0) is 37.3 Å². The number of thioether (sulfide) groups is 1. The summed E-state index contributed by atoms with van der Waals surface area (Å²) in [5, 5.41) is 12.3. The quantitative estimate of drug-likeness (QED) is 0.261. The number of nitrogens with one attached hydrogen (secondary N) is 1. The number of amides is 1. The summed E-state index contributed by atoms with van der Waals surface area (Å²) in [5.74, 6) is 0.160. The highest BCUT2D eigenvalue weighted by molar-refractivity contribution is 8.00. The zero-order valence-corrected chi connectivity index (χ0v) is 19.7. The van der Waals surface area contributed by atoms with E-state index in [0.717, 1.165) is 16.6 Å². The molecule has 5 aromatic rings. The number of hydrogen-bond acceptors (Lipinski definition) is 7. The van der Waals surface area contributed by atoms with Gasteiger partial charge < -0.3 is 10.1 Å². The molecule has 2 heterocycles. The molecule has 0 saturated heterocycles. The molecule has 0 saturated carbocycles. The maximum atomic E-state index is 12.7. The smallest absolute Gasteiger partial charge is 0.338 e. The molecule has 0 aliphatic rings. The number of esters is 1. The number of hydrogen-bond donors (Lipinski definition) is 1. The van der Waals surface area contributed by atoms with Crippen molar-refractivity contribution in [1.82, 2.24) is 19.6 Å². The van der Waals surface area contributed by atoms with Crippen molar-refractivity contribution in [2.75, 3.05) is 17.7 Å². The third-order valence-electron chi connectivity index (χ3n) is 5.23. The van der Waals surface area contributed by atoms with Gasteiger partial charge in [0.15, 0.2) is 11.5 Å². The lowest BCUT2D eigenvalue weighted by Gasteiger charge is -2.09. The normalized spacial score (nSPS) is 11.0. The largest absolute Gasteiger partial charge is 0.462 e. The maximum absolute atomic E-state index is 12.7. The lowest BCUT2D eigenvalue weighted by Crippen LogP contribution is -2.15. The Kier molecular flexibility index (Phi) is 6.40. The SMILES string of the molecule is CCOC(=O)c1cccc(NC(=O)CSc2nc3ccccc3n3c(-c4ccccc4)nnc23)c1. The second-order valence-electron chi connectivity index (χ2n) is 7.59. The second kappa shape index (κ2) is 9.94. The molecule has 1 N–H and O–H groups in total. The number of ether oxygens (including phenoxy) is 1. The predicted molar refractivity (Wildman–Crippen MR) is 135 cm³/mol. The van der Waals surface area contributed by atoms with Crippen molar-refractivity contribution in [2.24, 2.45) is 0 Å². The first kappa shape index (κ1) is 22.5. The van der Waals surface area contributed by atoms with Crippen LogP contribution >= 0.6 is 11.8 Å². The summed E-state index contributed by atoms with van der Waals surface area (Å²) in [6.07, 6.45) is 0. The zero-order chi connectivity index (χ0) is 24.2. The van der Waals surface area contributed by atoms with Gasteiger partial charge in [-0.2, -0.15) is 0 Å². The lowest BCUT2D eigenvalue weighted by atomic mass is 10.2. The highest BCUT2D eigenvalue weighted by Gasteiger charge is 2.17. The molecule has 174 valence electrons. The number of para-hydroxylation sites is 2. The van der Waals surface area contributed by atoms with Crippen LogP contribution in [0.25, 0.3) is 28.1 Å². The average Bonchev–Trinajstić information content (AvgIpc) is 3.34. The molecule has 3 aromatic carbocycles. The molecular weight excluding hydrogens is 462 g/mol. The van der Waals surface area contributed by atoms with Crippen molar-refractivity contribution in [3.05, 3.63) is 84.4 Å². The molecule has 9 heteroatoms. The van der Waals surface area contributed by atoms with E-state index in [1.54, 1.807) is 31.2 Å². The molecule has 0 bridgehead atoms. The summed E-state index contributed by atoms with van der Waals surface area (Å²) in [6, 6.07) is 24.3. The van der Waals surface area contributed by atoms with Crippen LogP contribution in [0.3, 0.4) is 0 Å². The summed E-state index contributed by atoms with van der Waals surface area (Å²) in [5.41, 5.74) is 4.09. The number of fused-ring (bicyclic) bond motifs is 3. The van der Waals surface area contributed by atoms with E-state index in [4.69, 9.17) is 9.72 Å². The Morgan fingerprint density at radius 2 is 1.77 bits per heavy atom. The molecule has 0 unspecified atom stereocenters. The van der Waals surface area contributed by atoms with Gasteiger partial charge in [0.2, 0.25) is 5.91 Å². The van der Waals surface area contributed by atoms with Crippen LogP contribution in [0.5, 0.6) is 0 Å². The van der Waals surface area contributed by atoms with Crippen LogP contribution in [0.4, 0.5) is 5.69 Å². The van der Waals surface area contributed by atoms with Gasteiger partial charge in [-0.3, -0.25) is 9.20 Å². The Hall–Kier alpha value is -4.24. The van der Waals surface area contributed by atoms with E-state index in [9.17, 15) is 9.59 Å². The molecule has 2 aromatic heterocycles. The molecule has 0 aliphatic carbocycles. The molecule has 5 rings (SSSR count). The fourth-order valence-corrected chi connectivity index (χ4v) is 4.46. The van der Waals surface area contributed by atoms with Gasteiger partial charge in [0.25, 0.3) is 0 Å². The van der Waals surface area contributed by atoms with Crippen LogP contribution in [0, 0.1) is 0 Å². The molecular formula is C26H21N5O3S. The van der Waals surface area contributed by atoms with Crippen molar-refractivity contribution in [1.29, 1.82) is 0 Å². The maximum Gasteiger partial charge on any atom is 0.338 e. The summed E-state index contributed by atoms with van der Waals surface area (Å²) in [4.78, 5) is 29.4. The van der Waals surface area contributed by atoms with Crippen LogP contribution in [-0.4, -0.2) is 43.8 Å². The summed E-state index contributed by atoms with van der Waals surface area (Å²) in [6.45, 7) is 2.03. The zero-order valence-electron chi connectivity index (χ0n) is 18.8. The summed E-state index contributed by atoms with van der Waals surface area (Å²) < 4.78 is 7.00. The molecule has 0 fully saturated rings. The Bertz CT molecular complexity index is 1530. The highest BCUT2D eigenvalue weighted by Crippen LogP contribution is 2.29. The number of carbonyl (C=O) groups is 2. The van der Waals surface area contributed by atoms with E-state index in [-0.39, 0.29) is 18.3 Å². The van der Waals surface area contributed by atoms with Crippen molar-refractivity contribution < 1.29 is 14.3 Å². The monoisotopic (exact) mass is 483 g/mol. The van der Waals surface area contributed by atoms with E-state index in [1.807, 2.05) is 59.0 Å². The van der Waals surface area contributed by atoms with Gasteiger partial charge in [-0.15, -0.1) is 10.2 Å². The van der Waals surface area contributed by atoms with Crippen molar-refractivity contribution in [3.8, 4) is 11.4 Å². The van der Waals surface area contributed by atoms with Gasteiger partial charge in [0.1, 0.15) is 5.03 Å². The molecule has 35 heavy (non-hydrogen) atoms. The Labute approximate surface area is 205 Å². The van der Waals surface area contributed by atoms with E-state index < -0.39 is 5.97 Å². The topological polar surface area (TPSA) is 98.5 Å². The Morgan fingerprint density at radius 1 is 0.971 bits per heavy atom. The van der Waals surface area contributed by atoms with Crippen LogP contribution in [0.2, 0.25) is 0 Å². The summed E-state index contributed by atoms with van der Waals surface area (Å²) in [7, 11) is 0. The van der Waals surface area contributed by atoms with Crippen LogP contribution in [-0.2, 0) is 9.53 Å². The average molecular weight is 484 g/mol. The van der Waals surface area contributed by atoms with Gasteiger partial charge in [-0.25, -0.2) is 9.78 Å². The van der Waals surface area contributed by atoms with Gasteiger partial charge in [-0.1, -0.05) is 60.3 Å². The van der Waals surface area contributed by atoms with E-state index >= 15 is 0 Å². The van der Waals surface area contributed by atoms with E-state index in [1.165, 1.54) is 11.8 Å². The fraction of sp³-hybridized carbons (Fsp3) is 0.115. The van der Waals surface area contributed by atoms with Gasteiger partial charge in [0, 0.05) is 11.3 Å². The van der Waals surface area contributed by atoms with Crippen molar-refractivity contribution in [3.63, 3.8) is 0 Å². The molecule has 1 amide bonds. The molecule has 0 atom stereocenters. The van der Waals surface area contributed by atoms with Crippen molar-refractivity contribution >= 4 is 46.0 Å². The predicted octanol–water partition coefficient (Wildman–Crippen LogP) is 4.85. The number of carbonyl (C=O) groups excluding carboxylic acids is 2. The standard InChI is InChI=1S/C26H21N5O3S/c1-2-34-26(33)18-11-8-12-19(15-18)27-22(32)16-35-25-24-30-29-23(17-9-4-3-5-10-17)31(24)21-14-7-6-13-20(21)28-25/h3-15H,2,16H2,1H3,(H,27,32). The lowest BCUT2D eigenvalue weighted by molar-refractivity contribution is -0.113. The number of benzene rings is 3. The third-order valence-corrected chi connectivity index (χ3v) is 6.18. The van der Waals surface area contributed by atoms with Crippen LogP contribution in [0.1, 0.15) is 17.3 Å². The van der Waals surface area contributed by atoms with Gasteiger partial charge >= 0.3 is 5.97 Å². The molecule has 0 radical (unpaired) electrons. The first-order valence-corrected chi connectivity index (χ1v) is 12.0. The summed E-state index contributed by atoms with van der Waals surface area (Å²) >= 11 is 1.28. The number of nitrogens with zero attached hydrogens (tertiary/aromatic N) is 4. The van der Waals surface area contributed by atoms with E-state index in [0.29, 0.717) is 27.7 Å². The van der Waals surface area contributed by atoms with Crippen molar-refractivity contribution in [2.45, 2.75) is 11.9 Å². The Balaban J connectivity index is 1.41. The first-order chi connectivity index (χ1) is 17.1. The minimum atomic E-state index is -0.429. The Morgan fingerprint density at radius 3 is 2.60 bits per heavy atom. The highest BCUT2D eigenvalue weighted by atomic mass is 32.2. The second-order valence-corrected chi connectivity index (χ2v) is 8.56. The van der Waals surface area contributed by atoms with Crippen LogP contribution in [0.15, 0.2) is 83.9 Å². The van der Waals surface area contributed by atoms with E-state index in [2.05, 4.69) is 15.5 Å². The van der Waals surface area contributed by atoms with Crippen LogP contribution < -0.4 is 5.32 Å².